The number of para-hydroxylation sites is 1. The second kappa shape index (κ2) is 7.18. The molecule has 1 heterocycles. The van der Waals surface area contributed by atoms with Crippen molar-refractivity contribution in [2.75, 3.05) is 38.7 Å². The molecule has 1 saturated heterocycles. The number of thiocarbonyl (C=S) groups is 1. The van der Waals surface area contributed by atoms with E-state index in [-0.39, 0.29) is 0 Å². The van der Waals surface area contributed by atoms with E-state index >= 15 is 0 Å². The van der Waals surface area contributed by atoms with Gasteiger partial charge in [-0.05, 0) is 24.4 Å². The third kappa shape index (κ3) is 3.89. The first-order valence-corrected chi connectivity index (χ1v) is 6.69. The fourth-order valence-electron chi connectivity index (χ4n) is 1.85. The van der Waals surface area contributed by atoms with Gasteiger partial charge in [0.15, 0.2) is 5.11 Å². The van der Waals surface area contributed by atoms with E-state index in [1.807, 2.05) is 11.1 Å². The number of anilines is 1. The molecule has 0 aliphatic carbocycles. The number of nitrogens with zero attached hydrogens (tertiary/aromatic N) is 1. The van der Waals surface area contributed by atoms with Crippen LogP contribution in [-0.4, -0.2) is 49.5 Å². The van der Waals surface area contributed by atoms with Crippen molar-refractivity contribution >= 4 is 29.0 Å². The maximum atomic E-state index is 11.7. The van der Waals surface area contributed by atoms with Crippen molar-refractivity contribution < 1.29 is 14.3 Å². The van der Waals surface area contributed by atoms with E-state index < -0.39 is 5.97 Å². The maximum Gasteiger partial charge on any atom is 0.339 e. The zero-order valence-electron chi connectivity index (χ0n) is 11.2. The highest BCUT2D eigenvalue weighted by Crippen LogP contribution is 2.15. The van der Waals surface area contributed by atoms with Crippen LogP contribution >= 0.6 is 12.2 Å². The van der Waals surface area contributed by atoms with Gasteiger partial charge in [0, 0.05) is 13.1 Å². The van der Waals surface area contributed by atoms with Crippen LogP contribution in [0.25, 0.3) is 0 Å². The molecular weight excluding hydrogens is 278 g/mol. The van der Waals surface area contributed by atoms with Gasteiger partial charge >= 0.3 is 5.97 Å². The minimum atomic E-state index is -0.401. The predicted octanol–water partition coefficient (Wildman–Crippen LogP) is 1.01. The van der Waals surface area contributed by atoms with Gasteiger partial charge < -0.3 is 14.8 Å². The molecule has 1 fully saturated rings. The van der Waals surface area contributed by atoms with E-state index in [0.29, 0.717) is 29.6 Å². The molecule has 0 saturated carbocycles. The standard InChI is InChI=1S/C13H17N3O3S/c1-18-12(17)10-4-2-3-5-11(10)14-13(20)15-16-6-8-19-9-7-16/h2-5H,6-9H2,1H3,(H2,14,15,20). The van der Waals surface area contributed by atoms with E-state index in [1.165, 1.54) is 7.11 Å². The van der Waals surface area contributed by atoms with Crippen LogP contribution in [0.1, 0.15) is 10.4 Å². The molecule has 6 nitrogen and oxygen atoms in total. The molecule has 108 valence electrons. The number of nitrogens with one attached hydrogen (secondary N) is 2. The van der Waals surface area contributed by atoms with E-state index in [4.69, 9.17) is 21.7 Å². The first-order valence-electron chi connectivity index (χ1n) is 6.28. The number of hydrazine groups is 1. The summed E-state index contributed by atoms with van der Waals surface area (Å²) in [6.07, 6.45) is 0. The van der Waals surface area contributed by atoms with Gasteiger partial charge in [-0.15, -0.1) is 0 Å². The Balaban J connectivity index is 1.98. The van der Waals surface area contributed by atoms with Crippen LogP contribution in [0, 0.1) is 0 Å². The number of esters is 1. The highest BCUT2D eigenvalue weighted by atomic mass is 32.1. The molecule has 2 rings (SSSR count). The molecule has 0 amide bonds. The van der Waals surface area contributed by atoms with Gasteiger partial charge in [0.2, 0.25) is 0 Å². The van der Waals surface area contributed by atoms with Crippen LogP contribution in [0.4, 0.5) is 5.69 Å². The van der Waals surface area contributed by atoms with Gasteiger partial charge in [0.05, 0.1) is 31.6 Å². The molecule has 1 aromatic rings. The van der Waals surface area contributed by atoms with Crippen molar-refractivity contribution in [1.29, 1.82) is 0 Å². The molecule has 0 spiro atoms. The molecule has 0 unspecified atom stereocenters. The minimum absolute atomic E-state index is 0.401. The number of ether oxygens (including phenoxy) is 2. The third-order valence-electron chi connectivity index (χ3n) is 2.85. The van der Waals surface area contributed by atoms with Gasteiger partial charge in [0.1, 0.15) is 0 Å². The quantitative estimate of drug-likeness (QED) is 0.637. The van der Waals surface area contributed by atoms with E-state index in [1.54, 1.807) is 18.2 Å². The molecule has 1 aliphatic rings. The molecule has 0 aromatic heterocycles. The summed E-state index contributed by atoms with van der Waals surface area (Å²) in [6, 6.07) is 7.06. The van der Waals surface area contributed by atoms with Gasteiger partial charge in [-0.2, -0.15) is 0 Å². The smallest absolute Gasteiger partial charge is 0.339 e. The van der Waals surface area contributed by atoms with E-state index in [9.17, 15) is 4.79 Å². The van der Waals surface area contributed by atoms with Crippen molar-refractivity contribution in [3.63, 3.8) is 0 Å². The second-order valence-corrected chi connectivity index (χ2v) is 4.61. The summed E-state index contributed by atoms with van der Waals surface area (Å²) < 4.78 is 10.00. The lowest BCUT2D eigenvalue weighted by Crippen LogP contribution is -2.49. The van der Waals surface area contributed by atoms with Gasteiger partial charge in [0.25, 0.3) is 0 Å². The van der Waals surface area contributed by atoms with Gasteiger partial charge in [-0.1, -0.05) is 12.1 Å². The number of carbonyl (C=O) groups is 1. The summed E-state index contributed by atoms with van der Waals surface area (Å²) in [5.74, 6) is -0.401. The SMILES string of the molecule is COC(=O)c1ccccc1NC(=S)NN1CCOCC1. The van der Waals surface area contributed by atoms with Crippen molar-refractivity contribution in [2.24, 2.45) is 0 Å². The minimum Gasteiger partial charge on any atom is -0.465 e. The number of morpholine rings is 1. The molecule has 0 bridgehead atoms. The van der Waals surface area contributed by atoms with Gasteiger partial charge in [-0.3, -0.25) is 5.43 Å². The topological polar surface area (TPSA) is 62.8 Å². The number of rotatable bonds is 3. The molecule has 1 aromatic carbocycles. The van der Waals surface area contributed by atoms with Crippen molar-refractivity contribution in [1.82, 2.24) is 10.4 Å². The largest absolute Gasteiger partial charge is 0.465 e. The summed E-state index contributed by atoms with van der Waals surface area (Å²) >= 11 is 5.24. The summed E-state index contributed by atoms with van der Waals surface area (Å²) in [5.41, 5.74) is 4.13. The first kappa shape index (κ1) is 14.7. The third-order valence-corrected chi connectivity index (χ3v) is 3.04. The Bertz CT molecular complexity index is 490. The Morgan fingerprint density at radius 3 is 2.75 bits per heavy atom. The number of hydrogen-bond acceptors (Lipinski definition) is 5. The van der Waals surface area contributed by atoms with E-state index in [0.717, 1.165) is 13.1 Å². The lowest BCUT2D eigenvalue weighted by molar-refractivity contribution is 0.0252. The van der Waals surface area contributed by atoms with Crippen molar-refractivity contribution in [2.45, 2.75) is 0 Å². The lowest BCUT2D eigenvalue weighted by atomic mass is 10.2. The van der Waals surface area contributed by atoms with Crippen molar-refractivity contribution in [3.05, 3.63) is 29.8 Å². The number of carbonyl (C=O) groups excluding carboxylic acids is 1. The fraction of sp³-hybridized carbons (Fsp3) is 0.385. The molecule has 20 heavy (non-hydrogen) atoms. The normalized spacial score (nSPS) is 15.4. The van der Waals surface area contributed by atoms with Crippen LogP contribution in [-0.2, 0) is 9.47 Å². The molecular formula is C13H17N3O3S. The molecule has 0 atom stereocenters. The zero-order chi connectivity index (χ0) is 14.4. The van der Waals surface area contributed by atoms with Gasteiger partial charge in [-0.25, -0.2) is 9.80 Å². The van der Waals surface area contributed by atoms with E-state index in [2.05, 4.69) is 10.7 Å². The molecule has 2 N–H and O–H groups in total. The maximum absolute atomic E-state index is 11.7. The number of benzene rings is 1. The van der Waals surface area contributed by atoms with Crippen LogP contribution in [0.15, 0.2) is 24.3 Å². The average Bonchev–Trinajstić information content (AvgIpc) is 2.48. The zero-order valence-corrected chi connectivity index (χ0v) is 12.0. The Labute approximate surface area is 123 Å². The second-order valence-electron chi connectivity index (χ2n) is 4.20. The van der Waals surface area contributed by atoms with Crippen molar-refractivity contribution in [3.8, 4) is 0 Å². The monoisotopic (exact) mass is 295 g/mol. The van der Waals surface area contributed by atoms with Crippen LogP contribution in [0.3, 0.4) is 0 Å². The Morgan fingerprint density at radius 2 is 2.05 bits per heavy atom. The van der Waals surface area contributed by atoms with Crippen LogP contribution in [0.5, 0.6) is 0 Å². The predicted molar refractivity (Wildman–Crippen MR) is 79.5 cm³/mol. The lowest BCUT2D eigenvalue weighted by Gasteiger charge is -2.28. The van der Waals surface area contributed by atoms with Crippen LogP contribution < -0.4 is 10.7 Å². The summed E-state index contributed by atoms with van der Waals surface area (Å²) in [4.78, 5) is 11.7. The highest BCUT2D eigenvalue weighted by molar-refractivity contribution is 7.80. The molecule has 7 heteroatoms. The fourth-order valence-corrected chi connectivity index (χ4v) is 2.09. The Kier molecular flexibility index (Phi) is 5.28. The first-order chi connectivity index (χ1) is 9.70. The summed E-state index contributed by atoms with van der Waals surface area (Å²) in [7, 11) is 1.35. The van der Waals surface area contributed by atoms with Crippen LogP contribution in [0.2, 0.25) is 0 Å². The Hall–Kier alpha value is -1.70. The highest BCUT2D eigenvalue weighted by Gasteiger charge is 2.14. The molecule has 1 aliphatic heterocycles. The number of hydrogen-bond donors (Lipinski definition) is 2. The Morgan fingerprint density at radius 1 is 1.35 bits per heavy atom. The summed E-state index contributed by atoms with van der Waals surface area (Å²) in [5, 5.41) is 5.42. The number of methoxy groups -OCH3 is 1. The average molecular weight is 295 g/mol. The molecule has 0 radical (unpaired) electrons. The summed E-state index contributed by atoms with van der Waals surface area (Å²) in [6.45, 7) is 2.88.